The lowest BCUT2D eigenvalue weighted by Gasteiger charge is -2.19. The zero-order chi connectivity index (χ0) is 11.2. The topological polar surface area (TPSA) is 38.7 Å². The Labute approximate surface area is 80.8 Å². The van der Waals surface area contributed by atoms with Crippen LogP contribution in [0.4, 0.5) is 13.2 Å². The number of ether oxygens (including phenoxy) is 2. The number of hydrogen-bond acceptors (Lipinski definition) is 3. The van der Waals surface area contributed by atoms with Crippen LogP contribution in [0.2, 0.25) is 0 Å². The van der Waals surface area contributed by atoms with E-state index in [2.05, 4.69) is 0 Å². The predicted octanol–water partition coefficient (Wildman–Crippen LogP) is 1.70. The molecule has 0 saturated heterocycles. The van der Waals surface area contributed by atoms with Crippen molar-refractivity contribution in [2.24, 2.45) is 0 Å². The van der Waals surface area contributed by atoms with Crippen LogP contribution in [0.3, 0.4) is 0 Å². The van der Waals surface area contributed by atoms with Crippen LogP contribution in [0, 0.1) is 0 Å². The normalized spacial score (nSPS) is 14.8. The first-order chi connectivity index (χ1) is 6.40. The van der Waals surface area contributed by atoms with Crippen molar-refractivity contribution in [3.8, 4) is 0 Å². The molecule has 1 unspecified atom stereocenters. The summed E-state index contributed by atoms with van der Waals surface area (Å²) in [7, 11) is 2.64. The Hall–Kier alpha value is -0.330. The number of aliphatic hydroxyl groups excluding tert-OH is 1. The van der Waals surface area contributed by atoms with E-state index in [0.29, 0.717) is 0 Å². The molecule has 0 bridgehead atoms. The Morgan fingerprint density at radius 3 is 2.07 bits per heavy atom. The monoisotopic (exact) mass is 216 g/mol. The number of aliphatic hydroxyl groups is 1. The maximum Gasteiger partial charge on any atom is 0.389 e. The van der Waals surface area contributed by atoms with Crippen LogP contribution in [0.15, 0.2) is 0 Å². The second-order valence-electron chi connectivity index (χ2n) is 2.91. The second-order valence-corrected chi connectivity index (χ2v) is 2.91. The van der Waals surface area contributed by atoms with Crippen LogP contribution in [-0.4, -0.2) is 37.9 Å². The summed E-state index contributed by atoms with van der Waals surface area (Å²) < 4.78 is 44.6. The minimum absolute atomic E-state index is 0.00581. The van der Waals surface area contributed by atoms with E-state index in [1.807, 2.05) is 0 Å². The lowest BCUT2D eigenvalue weighted by Crippen LogP contribution is -2.29. The Balaban J connectivity index is 3.67. The minimum atomic E-state index is -4.17. The van der Waals surface area contributed by atoms with Crippen LogP contribution in [0.5, 0.6) is 0 Å². The fourth-order valence-corrected chi connectivity index (χ4v) is 1.06. The van der Waals surface area contributed by atoms with E-state index < -0.39 is 25.0 Å². The molecule has 86 valence electrons. The van der Waals surface area contributed by atoms with Gasteiger partial charge in [-0.15, -0.1) is 0 Å². The average molecular weight is 216 g/mol. The van der Waals surface area contributed by atoms with Gasteiger partial charge in [0, 0.05) is 20.6 Å². The second kappa shape index (κ2) is 6.21. The van der Waals surface area contributed by atoms with Gasteiger partial charge < -0.3 is 14.6 Å². The molecule has 0 aromatic rings. The number of hydrogen-bond donors (Lipinski definition) is 1. The van der Waals surface area contributed by atoms with Crippen molar-refractivity contribution >= 4 is 0 Å². The van der Waals surface area contributed by atoms with Crippen molar-refractivity contribution in [3.63, 3.8) is 0 Å². The third kappa shape index (κ3) is 6.17. The highest BCUT2D eigenvalue weighted by Gasteiger charge is 2.27. The van der Waals surface area contributed by atoms with E-state index in [0.717, 1.165) is 0 Å². The summed E-state index contributed by atoms with van der Waals surface area (Å²) in [5.74, 6) is 0. The molecule has 14 heavy (non-hydrogen) atoms. The molecule has 0 aromatic carbocycles. The van der Waals surface area contributed by atoms with Gasteiger partial charge in [-0.2, -0.15) is 13.2 Å². The summed E-state index contributed by atoms with van der Waals surface area (Å²) in [6.45, 7) is 0. The molecule has 3 nitrogen and oxygen atoms in total. The molecule has 0 aliphatic rings. The van der Waals surface area contributed by atoms with Gasteiger partial charge in [0.2, 0.25) is 0 Å². The molecular weight excluding hydrogens is 201 g/mol. The molecule has 6 heteroatoms. The van der Waals surface area contributed by atoms with Crippen molar-refractivity contribution in [3.05, 3.63) is 0 Å². The first-order valence-electron chi connectivity index (χ1n) is 4.21. The molecule has 1 atom stereocenters. The molecular formula is C8H15F3O3. The van der Waals surface area contributed by atoms with Crippen molar-refractivity contribution in [2.75, 3.05) is 14.2 Å². The van der Waals surface area contributed by atoms with Gasteiger partial charge in [-0.1, -0.05) is 0 Å². The quantitative estimate of drug-likeness (QED) is 0.687. The smallest absolute Gasteiger partial charge is 0.388 e. The maximum atomic E-state index is 11.7. The summed E-state index contributed by atoms with van der Waals surface area (Å²) in [5, 5.41) is 9.29. The first kappa shape index (κ1) is 13.7. The summed E-state index contributed by atoms with van der Waals surface area (Å²) in [6.07, 6.45) is -7.07. The van der Waals surface area contributed by atoms with Crippen molar-refractivity contribution in [1.82, 2.24) is 0 Å². The molecule has 0 heterocycles. The summed E-state index contributed by atoms with van der Waals surface area (Å²) >= 11 is 0. The van der Waals surface area contributed by atoms with E-state index in [4.69, 9.17) is 9.47 Å². The molecule has 1 N–H and O–H groups in total. The lowest BCUT2D eigenvalue weighted by atomic mass is 10.1. The number of methoxy groups -OCH3 is 2. The summed E-state index contributed by atoms with van der Waals surface area (Å²) in [5.41, 5.74) is 0. The standard InChI is InChI=1S/C8H15F3O3/c1-13-7(14-2)6(12)4-3-5-8(9,10)11/h6-7,12H,3-5H2,1-2H3. The number of rotatable bonds is 6. The molecule has 0 saturated carbocycles. The summed E-state index contributed by atoms with van der Waals surface area (Å²) in [4.78, 5) is 0. The Kier molecular flexibility index (Phi) is 6.06. The third-order valence-electron chi connectivity index (χ3n) is 1.74. The molecule has 0 fully saturated rings. The Morgan fingerprint density at radius 2 is 1.71 bits per heavy atom. The van der Waals surface area contributed by atoms with E-state index >= 15 is 0 Å². The Bertz CT molecular complexity index is 145. The summed E-state index contributed by atoms with van der Waals surface area (Å²) in [6, 6.07) is 0. The van der Waals surface area contributed by atoms with Gasteiger partial charge in [0.05, 0.1) is 0 Å². The number of halogens is 3. The maximum absolute atomic E-state index is 11.7. The van der Waals surface area contributed by atoms with Gasteiger partial charge in [-0.3, -0.25) is 0 Å². The SMILES string of the molecule is COC(OC)C(O)CCCC(F)(F)F. The van der Waals surface area contributed by atoms with E-state index in [-0.39, 0.29) is 12.8 Å². The molecule has 0 amide bonds. The fourth-order valence-electron chi connectivity index (χ4n) is 1.06. The molecule has 0 radical (unpaired) electrons. The van der Waals surface area contributed by atoms with Crippen LogP contribution < -0.4 is 0 Å². The average Bonchev–Trinajstić information content (AvgIpc) is 2.04. The van der Waals surface area contributed by atoms with E-state index in [1.165, 1.54) is 14.2 Å². The lowest BCUT2D eigenvalue weighted by molar-refractivity contribution is -0.170. The van der Waals surface area contributed by atoms with Gasteiger partial charge in [-0.25, -0.2) is 0 Å². The molecule has 0 spiro atoms. The number of alkyl halides is 3. The highest BCUT2D eigenvalue weighted by molar-refractivity contribution is 4.61. The van der Waals surface area contributed by atoms with Gasteiger partial charge >= 0.3 is 6.18 Å². The zero-order valence-corrected chi connectivity index (χ0v) is 8.17. The van der Waals surface area contributed by atoms with Crippen molar-refractivity contribution in [2.45, 2.75) is 37.8 Å². The van der Waals surface area contributed by atoms with Crippen molar-refractivity contribution in [1.29, 1.82) is 0 Å². The molecule has 0 aromatic heterocycles. The zero-order valence-electron chi connectivity index (χ0n) is 8.17. The van der Waals surface area contributed by atoms with E-state index in [1.54, 1.807) is 0 Å². The predicted molar refractivity (Wildman–Crippen MR) is 43.7 cm³/mol. The van der Waals surface area contributed by atoms with Gasteiger partial charge in [0.25, 0.3) is 0 Å². The first-order valence-corrected chi connectivity index (χ1v) is 4.21. The van der Waals surface area contributed by atoms with Crippen LogP contribution in [0.25, 0.3) is 0 Å². The Morgan fingerprint density at radius 1 is 1.21 bits per heavy atom. The van der Waals surface area contributed by atoms with Crippen LogP contribution >= 0.6 is 0 Å². The fraction of sp³-hybridized carbons (Fsp3) is 1.00. The van der Waals surface area contributed by atoms with Gasteiger partial charge in [0.1, 0.15) is 6.10 Å². The molecule has 0 aliphatic carbocycles. The van der Waals surface area contributed by atoms with Crippen LogP contribution in [-0.2, 0) is 9.47 Å². The molecule has 0 aliphatic heterocycles. The van der Waals surface area contributed by atoms with Crippen molar-refractivity contribution < 1.29 is 27.8 Å². The highest BCUT2D eigenvalue weighted by Crippen LogP contribution is 2.23. The van der Waals surface area contributed by atoms with Crippen LogP contribution in [0.1, 0.15) is 19.3 Å². The largest absolute Gasteiger partial charge is 0.389 e. The van der Waals surface area contributed by atoms with E-state index in [9.17, 15) is 18.3 Å². The third-order valence-corrected chi connectivity index (χ3v) is 1.74. The van der Waals surface area contributed by atoms with Gasteiger partial charge in [-0.05, 0) is 12.8 Å². The minimum Gasteiger partial charge on any atom is -0.388 e. The molecule has 0 rings (SSSR count). The highest BCUT2D eigenvalue weighted by atomic mass is 19.4. The van der Waals surface area contributed by atoms with Gasteiger partial charge in [0.15, 0.2) is 6.29 Å².